The Labute approximate surface area is 104 Å². The number of rotatable bonds is 3. The first-order valence-electron chi connectivity index (χ1n) is 5.06. The molecule has 2 rings (SSSR count). The van der Waals surface area contributed by atoms with Gasteiger partial charge in [-0.05, 0) is 30.3 Å². The van der Waals surface area contributed by atoms with E-state index in [1.165, 1.54) is 23.9 Å². The Bertz CT molecular complexity index is 531. The summed E-state index contributed by atoms with van der Waals surface area (Å²) in [6, 6.07) is 11.9. The predicted octanol–water partition coefficient (Wildman–Crippen LogP) is 3.57. The number of ether oxygens (including phenoxy) is 1. The number of benzene rings is 2. The number of nitrogen functional groups attached to an aromatic ring is 1. The molecule has 0 fully saturated rings. The van der Waals surface area contributed by atoms with Crippen LogP contribution in [0.1, 0.15) is 0 Å². The molecule has 2 aromatic rings. The average Bonchev–Trinajstić information content (AvgIpc) is 2.34. The minimum Gasteiger partial charge on any atom is -0.496 e. The van der Waals surface area contributed by atoms with Crippen molar-refractivity contribution in [3.05, 3.63) is 48.3 Å². The van der Waals surface area contributed by atoms with Crippen molar-refractivity contribution in [3.8, 4) is 5.75 Å². The van der Waals surface area contributed by atoms with Gasteiger partial charge in [-0.2, -0.15) is 0 Å². The van der Waals surface area contributed by atoms with Crippen molar-refractivity contribution >= 4 is 17.4 Å². The summed E-state index contributed by atoms with van der Waals surface area (Å²) in [5.41, 5.74) is 6.36. The van der Waals surface area contributed by atoms with Crippen molar-refractivity contribution in [3.63, 3.8) is 0 Å². The molecule has 0 spiro atoms. The van der Waals surface area contributed by atoms with E-state index < -0.39 is 0 Å². The number of nitrogens with two attached hydrogens (primary N) is 1. The maximum absolute atomic E-state index is 13.1. The van der Waals surface area contributed by atoms with Gasteiger partial charge in [-0.25, -0.2) is 4.39 Å². The highest BCUT2D eigenvalue weighted by Gasteiger charge is 2.07. The minimum atomic E-state index is -0.295. The summed E-state index contributed by atoms with van der Waals surface area (Å²) in [6.45, 7) is 0. The molecule has 0 radical (unpaired) electrons. The summed E-state index contributed by atoms with van der Waals surface area (Å²) in [5.74, 6) is 0.456. The lowest BCUT2D eigenvalue weighted by Crippen LogP contribution is -1.90. The van der Waals surface area contributed by atoms with Gasteiger partial charge in [-0.15, -0.1) is 0 Å². The third-order valence-electron chi connectivity index (χ3n) is 2.26. The molecule has 4 heteroatoms. The van der Waals surface area contributed by atoms with E-state index >= 15 is 0 Å². The number of hydrogen-bond donors (Lipinski definition) is 1. The van der Waals surface area contributed by atoms with Gasteiger partial charge in [-0.1, -0.05) is 23.9 Å². The van der Waals surface area contributed by atoms with Crippen molar-refractivity contribution in [2.24, 2.45) is 0 Å². The van der Waals surface area contributed by atoms with Crippen LogP contribution in [-0.2, 0) is 0 Å². The molecule has 0 heterocycles. The lowest BCUT2D eigenvalue weighted by Gasteiger charge is -2.09. The molecule has 0 aliphatic rings. The van der Waals surface area contributed by atoms with Crippen molar-refractivity contribution < 1.29 is 9.13 Å². The molecule has 2 aromatic carbocycles. The third-order valence-corrected chi connectivity index (χ3v) is 3.40. The van der Waals surface area contributed by atoms with Gasteiger partial charge in [0.05, 0.1) is 12.0 Å². The fraction of sp³-hybridized carbons (Fsp3) is 0.0769. The second-order valence-corrected chi connectivity index (χ2v) is 4.52. The summed E-state index contributed by atoms with van der Waals surface area (Å²) in [5, 5.41) is 0. The van der Waals surface area contributed by atoms with Crippen LogP contribution in [-0.4, -0.2) is 7.11 Å². The van der Waals surface area contributed by atoms with E-state index in [1.54, 1.807) is 13.2 Å². The molecule has 0 saturated heterocycles. The van der Waals surface area contributed by atoms with Gasteiger partial charge in [0, 0.05) is 10.6 Å². The van der Waals surface area contributed by atoms with Crippen molar-refractivity contribution in [2.45, 2.75) is 9.79 Å². The summed E-state index contributed by atoms with van der Waals surface area (Å²) in [6.07, 6.45) is 0. The maximum Gasteiger partial charge on any atom is 0.132 e. The first-order valence-corrected chi connectivity index (χ1v) is 5.88. The van der Waals surface area contributed by atoms with E-state index in [4.69, 9.17) is 10.5 Å². The second kappa shape index (κ2) is 5.10. The number of para-hydroxylation sites is 1. The molecule has 0 unspecified atom stereocenters. The summed E-state index contributed by atoms with van der Waals surface area (Å²) >= 11 is 1.39. The van der Waals surface area contributed by atoms with Gasteiger partial charge < -0.3 is 10.5 Å². The molecule has 0 amide bonds. The monoisotopic (exact) mass is 249 g/mol. The van der Waals surface area contributed by atoms with Crippen LogP contribution >= 0.6 is 11.8 Å². The molecule has 0 saturated carbocycles. The van der Waals surface area contributed by atoms with E-state index in [0.717, 1.165) is 10.6 Å². The van der Waals surface area contributed by atoms with Crippen molar-refractivity contribution in [1.29, 1.82) is 0 Å². The molecule has 0 aromatic heterocycles. The summed E-state index contributed by atoms with van der Waals surface area (Å²) in [4.78, 5) is 1.60. The van der Waals surface area contributed by atoms with Crippen LogP contribution in [0.4, 0.5) is 10.1 Å². The van der Waals surface area contributed by atoms with Gasteiger partial charge >= 0.3 is 0 Å². The van der Waals surface area contributed by atoms with Gasteiger partial charge in [0.1, 0.15) is 11.6 Å². The zero-order valence-corrected chi connectivity index (χ0v) is 10.1. The fourth-order valence-corrected chi connectivity index (χ4v) is 2.41. The minimum absolute atomic E-state index is 0.295. The quantitative estimate of drug-likeness (QED) is 0.845. The normalized spacial score (nSPS) is 10.2. The number of halogens is 1. The van der Waals surface area contributed by atoms with Gasteiger partial charge in [0.25, 0.3) is 0 Å². The smallest absolute Gasteiger partial charge is 0.132 e. The zero-order chi connectivity index (χ0) is 12.3. The highest BCUT2D eigenvalue weighted by molar-refractivity contribution is 7.99. The van der Waals surface area contributed by atoms with Crippen molar-refractivity contribution in [2.75, 3.05) is 12.8 Å². The molecule has 2 N–H and O–H groups in total. The largest absolute Gasteiger partial charge is 0.496 e. The van der Waals surface area contributed by atoms with E-state index in [1.807, 2.05) is 24.3 Å². The average molecular weight is 249 g/mol. The Morgan fingerprint density at radius 1 is 1.12 bits per heavy atom. The highest BCUT2D eigenvalue weighted by atomic mass is 32.2. The topological polar surface area (TPSA) is 35.2 Å². The highest BCUT2D eigenvalue weighted by Crippen LogP contribution is 2.37. The van der Waals surface area contributed by atoms with Crippen LogP contribution in [0.25, 0.3) is 0 Å². The lowest BCUT2D eigenvalue weighted by molar-refractivity contribution is 0.405. The van der Waals surface area contributed by atoms with E-state index in [9.17, 15) is 4.39 Å². The standard InChI is InChI=1S/C13H12FNOS/c1-16-11-4-2-3-5-12(11)17-13-8-9(14)6-7-10(13)15/h2-8H,15H2,1H3. The molecular weight excluding hydrogens is 237 g/mol. The molecule has 88 valence electrons. The molecule has 2 nitrogen and oxygen atoms in total. The van der Waals surface area contributed by atoms with Crippen LogP contribution < -0.4 is 10.5 Å². The molecular formula is C13H12FNOS. The van der Waals surface area contributed by atoms with Crippen LogP contribution in [0.5, 0.6) is 5.75 Å². The van der Waals surface area contributed by atoms with Gasteiger partial charge in [0.15, 0.2) is 0 Å². The first-order chi connectivity index (χ1) is 8.20. The SMILES string of the molecule is COc1ccccc1Sc1cc(F)ccc1N. The molecule has 0 aliphatic heterocycles. The maximum atomic E-state index is 13.1. The Morgan fingerprint density at radius 2 is 1.88 bits per heavy atom. The molecule has 0 bridgehead atoms. The summed E-state index contributed by atoms with van der Waals surface area (Å²) in [7, 11) is 1.61. The fourth-order valence-electron chi connectivity index (χ4n) is 1.42. The van der Waals surface area contributed by atoms with E-state index in [0.29, 0.717) is 10.6 Å². The Kier molecular flexibility index (Phi) is 3.54. The Balaban J connectivity index is 2.34. The van der Waals surface area contributed by atoms with Crippen molar-refractivity contribution in [1.82, 2.24) is 0 Å². The molecule has 17 heavy (non-hydrogen) atoms. The molecule has 0 atom stereocenters. The first kappa shape index (κ1) is 11.8. The number of methoxy groups -OCH3 is 1. The predicted molar refractivity (Wildman–Crippen MR) is 67.9 cm³/mol. The van der Waals surface area contributed by atoms with E-state index in [2.05, 4.69) is 0 Å². The molecule has 0 aliphatic carbocycles. The Morgan fingerprint density at radius 3 is 2.65 bits per heavy atom. The van der Waals surface area contributed by atoms with Crippen LogP contribution in [0.3, 0.4) is 0 Å². The summed E-state index contributed by atoms with van der Waals surface area (Å²) < 4.78 is 18.4. The van der Waals surface area contributed by atoms with Crippen LogP contribution in [0.2, 0.25) is 0 Å². The van der Waals surface area contributed by atoms with Crippen LogP contribution in [0, 0.1) is 5.82 Å². The number of hydrogen-bond acceptors (Lipinski definition) is 3. The number of anilines is 1. The van der Waals surface area contributed by atoms with E-state index in [-0.39, 0.29) is 5.82 Å². The third kappa shape index (κ3) is 2.71. The second-order valence-electron chi connectivity index (χ2n) is 3.44. The lowest BCUT2D eigenvalue weighted by atomic mass is 10.3. The zero-order valence-electron chi connectivity index (χ0n) is 9.31. The van der Waals surface area contributed by atoms with Crippen LogP contribution in [0.15, 0.2) is 52.3 Å². The van der Waals surface area contributed by atoms with Gasteiger partial charge in [0.2, 0.25) is 0 Å². The van der Waals surface area contributed by atoms with Gasteiger partial charge in [-0.3, -0.25) is 0 Å². The Hall–Kier alpha value is -1.68.